The summed E-state index contributed by atoms with van der Waals surface area (Å²) in [5.41, 5.74) is 2.03. The Balaban J connectivity index is 1.70. The lowest BCUT2D eigenvalue weighted by atomic mass is 10.1. The second-order valence-corrected chi connectivity index (χ2v) is 6.80. The number of nitrogens with zero attached hydrogens (tertiary/aromatic N) is 2. The Kier molecular flexibility index (Phi) is 6.82. The predicted molar refractivity (Wildman–Crippen MR) is 104 cm³/mol. The maximum atomic E-state index is 12.2. The number of hydrogen-bond donors (Lipinski definition) is 0. The van der Waals surface area contributed by atoms with Gasteiger partial charge >= 0.3 is 6.61 Å². The van der Waals surface area contributed by atoms with Gasteiger partial charge in [-0.1, -0.05) is 11.8 Å². The zero-order valence-electron chi connectivity index (χ0n) is 15.7. The Labute approximate surface area is 170 Å². The van der Waals surface area contributed by atoms with Crippen molar-refractivity contribution < 1.29 is 27.5 Å². The number of rotatable bonds is 9. The first-order valence-electron chi connectivity index (χ1n) is 8.74. The topological polar surface area (TPSA) is 74.5 Å². The van der Waals surface area contributed by atoms with Crippen LogP contribution >= 0.6 is 11.8 Å². The fourth-order valence-corrected chi connectivity index (χ4v) is 3.25. The summed E-state index contributed by atoms with van der Waals surface area (Å²) >= 11 is 1.31. The third-order valence-corrected chi connectivity index (χ3v) is 4.72. The molecule has 0 aliphatic carbocycles. The van der Waals surface area contributed by atoms with E-state index in [1.165, 1.54) is 30.8 Å². The molecule has 0 amide bonds. The number of carbonyl (C=O) groups excluding carboxylic acids is 1. The lowest BCUT2D eigenvalue weighted by molar-refractivity contribution is -0.0498. The van der Waals surface area contributed by atoms with Gasteiger partial charge in [-0.05, 0) is 56.3 Å². The molecule has 0 bridgehead atoms. The fourth-order valence-electron chi connectivity index (χ4n) is 2.51. The van der Waals surface area contributed by atoms with Crippen LogP contribution in [0.2, 0.25) is 0 Å². The Hall–Kier alpha value is -2.94. The summed E-state index contributed by atoms with van der Waals surface area (Å²) in [6.45, 7) is 1.02. The van der Waals surface area contributed by atoms with Gasteiger partial charge in [-0.15, -0.1) is 10.2 Å². The summed E-state index contributed by atoms with van der Waals surface area (Å²) in [5, 5.41) is 8.32. The quantitative estimate of drug-likeness (QED) is 0.346. The van der Waals surface area contributed by atoms with Crippen LogP contribution in [0.15, 0.2) is 52.1 Å². The van der Waals surface area contributed by atoms with Crippen LogP contribution in [0.3, 0.4) is 0 Å². The van der Waals surface area contributed by atoms with Crippen molar-refractivity contribution in [2.75, 3.05) is 6.61 Å². The van der Waals surface area contributed by atoms with Crippen molar-refractivity contribution in [3.63, 3.8) is 0 Å². The zero-order chi connectivity index (χ0) is 20.8. The normalized spacial score (nSPS) is 10.9. The van der Waals surface area contributed by atoms with Crippen LogP contribution in [0.25, 0.3) is 11.5 Å². The van der Waals surface area contributed by atoms with Crippen molar-refractivity contribution in [1.82, 2.24) is 10.2 Å². The van der Waals surface area contributed by atoms with E-state index in [4.69, 9.17) is 9.15 Å². The van der Waals surface area contributed by atoms with Gasteiger partial charge in [0.05, 0.1) is 6.61 Å². The van der Waals surface area contributed by atoms with Crippen molar-refractivity contribution in [2.45, 2.75) is 31.4 Å². The highest BCUT2D eigenvalue weighted by atomic mass is 32.2. The van der Waals surface area contributed by atoms with E-state index in [-0.39, 0.29) is 17.4 Å². The molecule has 0 fully saturated rings. The molecule has 0 atom stereocenters. The van der Waals surface area contributed by atoms with E-state index >= 15 is 0 Å². The second kappa shape index (κ2) is 9.51. The molecule has 0 aliphatic rings. The first-order chi connectivity index (χ1) is 14.0. The maximum Gasteiger partial charge on any atom is 0.387 e. The number of Topliss-reactive ketones (excluding diaryl/α,β-unsaturated/α-hetero) is 1. The molecule has 0 spiro atoms. The fraction of sp³-hybridized carbons (Fsp3) is 0.250. The molecular formula is C20H18F2N2O4S. The summed E-state index contributed by atoms with van der Waals surface area (Å²) in [5.74, 6) is 1.45. The smallest absolute Gasteiger partial charge is 0.387 e. The molecule has 0 saturated heterocycles. The van der Waals surface area contributed by atoms with Crippen molar-refractivity contribution in [3.05, 3.63) is 53.6 Å². The Morgan fingerprint density at radius 1 is 1.17 bits per heavy atom. The summed E-state index contributed by atoms with van der Waals surface area (Å²) in [6, 6.07) is 11.2. The average molecular weight is 420 g/mol. The molecule has 9 heteroatoms. The summed E-state index contributed by atoms with van der Waals surface area (Å²) in [7, 11) is 0. The molecule has 6 nitrogen and oxygen atoms in total. The molecule has 29 heavy (non-hydrogen) atoms. The monoisotopic (exact) mass is 420 g/mol. The molecular weight excluding hydrogens is 402 g/mol. The Morgan fingerprint density at radius 3 is 2.59 bits per heavy atom. The molecule has 0 N–H and O–H groups in total. The minimum atomic E-state index is -2.88. The molecule has 3 rings (SSSR count). The standard InChI is InChI=1S/C20H18F2N2O4S/c1-3-26-17-9-6-14(12(2)25)10-15(17)11-29-20-24-23-18(28-20)13-4-7-16(8-5-13)27-19(21)22/h4-10,19H,3,11H2,1-2H3. The second-order valence-electron chi connectivity index (χ2n) is 5.88. The number of alkyl halides is 2. The van der Waals surface area contributed by atoms with Gasteiger partial charge in [-0.3, -0.25) is 4.79 Å². The summed E-state index contributed by atoms with van der Waals surface area (Å²) < 4.78 is 40.0. The van der Waals surface area contributed by atoms with E-state index in [0.29, 0.717) is 34.5 Å². The third kappa shape index (κ3) is 5.54. The number of benzene rings is 2. The lowest BCUT2D eigenvalue weighted by Gasteiger charge is -2.10. The number of ketones is 1. The molecule has 2 aromatic carbocycles. The highest BCUT2D eigenvalue weighted by molar-refractivity contribution is 7.98. The molecule has 3 aromatic rings. The number of halogens is 2. The van der Waals surface area contributed by atoms with Crippen LogP contribution in [0.5, 0.6) is 11.5 Å². The first kappa shape index (κ1) is 20.8. The minimum Gasteiger partial charge on any atom is -0.494 e. The van der Waals surface area contributed by atoms with Crippen LogP contribution in [0.4, 0.5) is 8.78 Å². The van der Waals surface area contributed by atoms with Crippen molar-refractivity contribution >= 4 is 17.5 Å². The van der Waals surface area contributed by atoms with Crippen LogP contribution < -0.4 is 9.47 Å². The van der Waals surface area contributed by atoms with Gasteiger partial charge in [-0.25, -0.2) is 0 Å². The van der Waals surface area contributed by atoms with Crippen LogP contribution in [-0.2, 0) is 5.75 Å². The van der Waals surface area contributed by atoms with Crippen molar-refractivity contribution in [1.29, 1.82) is 0 Å². The third-order valence-electron chi connectivity index (χ3n) is 3.85. The van der Waals surface area contributed by atoms with Gasteiger partial charge in [0.15, 0.2) is 5.78 Å². The zero-order valence-corrected chi connectivity index (χ0v) is 16.5. The Bertz CT molecular complexity index is 977. The highest BCUT2D eigenvalue weighted by Gasteiger charge is 2.13. The van der Waals surface area contributed by atoms with Crippen LogP contribution in [0, 0.1) is 0 Å². The summed E-state index contributed by atoms with van der Waals surface area (Å²) in [4.78, 5) is 11.6. The molecule has 0 unspecified atom stereocenters. The first-order valence-corrected chi connectivity index (χ1v) is 9.73. The van der Waals surface area contributed by atoms with Crippen molar-refractivity contribution in [2.24, 2.45) is 0 Å². The number of carbonyl (C=O) groups is 1. The summed E-state index contributed by atoms with van der Waals surface area (Å²) in [6.07, 6.45) is 0. The van der Waals surface area contributed by atoms with Crippen LogP contribution in [-0.4, -0.2) is 29.2 Å². The van der Waals surface area contributed by atoms with Gasteiger partial charge < -0.3 is 13.9 Å². The van der Waals surface area contributed by atoms with Gasteiger partial charge in [0.2, 0.25) is 5.89 Å². The van der Waals surface area contributed by atoms with E-state index in [0.717, 1.165) is 5.56 Å². The molecule has 152 valence electrons. The largest absolute Gasteiger partial charge is 0.494 e. The van der Waals surface area contributed by atoms with Gasteiger partial charge in [-0.2, -0.15) is 8.78 Å². The van der Waals surface area contributed by atoms with Crippen molar-refractivity contribution in [3.8, 4) is 23.0 Å². The van der Waals surface area contributed by atoms with E-state index < -0.39 is 6.61 Å². The number of ether oxygens (including phenoxy) is 2. The molecule has 0 saturated carbocycles. The van der Waals surface area contributed by atoms with E-state index in [1.807, 2.05) is 6.92 Å². The predicted octanol–water partition coefficient (Wildman–Crippen LogP) is 5.23. The maximum absolute atomic E-state index is 12.2. The molecule has 1 heterocycles. The number of thioether (sulfide) groups is 1. The van der Waals surface area contributed by atoms with E-state index in [2.05, 4.69) is 14.9 Å². The molecule has 0 radical (unpaired) electrons. The van der Waals surface area contributed by atoms with E-state index in [9.17, 15) is 13.6 Å². The van der Waals surface area contributed by atoms with Gasteiger partial charge in [0.25, 0.3) is 5.22 Å². The molecule has 1 aromatic heterocycles. The number of aromatic nitrogens is 2. The number of hydrogen-bond acceptors (Lipinski definition) is 7. The van der Waals surface area contributed by atoms with E-state index in [1.54, 1.807) is 30.3 Å². The molecule has 0 aliphatic heterocycles. The van der Waals surface area contributed by atoms with Gasteiger partial charge in [0, 0.05) is 22.4 Å². The lowest BCUT2D eigenvalue weighted by Crippen LogP contribution is -2.01. The van der Waals surface area contributed by atoms with Crippen LogP contribution in [0.1, 0.15) is 29.8 Å². The Morgan fingerprint density at radius 2 is 1.93 bits per heavy atom. The minimum absolute atomic E-state index is 0.0290. The van der Waals surface area contributed by atoms with Gasteiger partial charge in [0.1, 0.15) is 11.5 Å². The highest BCUT2D eigenvalue weighted by Crippen LogP contribution is 2.30. The SMILES string of the molecule is CCOc1ccc(C(C)=O)cc1CSc1nnc(-c2ccc(OC(F)F)cc2)o1. The average Bonchev–Trinajstić information content (AvgIpc) is 3.16.